The zero-order valence-electron chi connectivity index (χ0n) is 15.7. The van der Waals surface area contributed by atoms with Crippen LogP contribution in [0.2, 0.25) is 5.02 Å². The second kappa shape index (κ2) is 9.43. The fourth-order valence-corrected chi connectivity index (χ4v) is 2.68. The number of carbonyl (C=O) groups excluding carboxylic acids is 1. The summed E-state index contributed by atoms with van der Waals surface area (Å²) in [5.74, 6) is 0.711. The van der Waals surface area contributed by atoms with Gasteiger partial charge in [-0.15, -0.1) is 0 Å². The molecule has 0 fully saturated rings. The molecule has 6 heteroatoms. The number of rotatable bonds is 7. The van der Waals surface area contributed by atoms with Crippen LogP contribution in [0.3, 0.4) is 0 Å². The molecule has 0 atom stereocenters. The Hall–Kier alpha value is -2.27. The minimum absolute atomic E-state index is 0.0730. The number of pyridine rings is 1. The highest BCUT2D eigenvalue weighted by Crippen LogP contribution is 2.37. The quantitative estimate of drug-likeness (QED) is 0.722. The van der Waals surface area contributed by atoms with Crippen LogP contribution in [-0.2, 0) is 0 Å². The van der Waals surface area contributed by atoms with Gasteiger partial charge in [-0.25, -0.2) is 0 Å². The molecular weight excluding hydrogens is 352 g/mol. The summed E-state index contributed by atoms with van der Waals surface area (Å²) >= 11 is 6.37. The first kappa shape index (κ1) is 20.0. The Kier molecular flexibility index (Phi) is 7.27. The number of benzene rings is 1. The van der Waals surface area contributed by atoms with Crippen molar-refractivity contribution in [2.45, 2.75) is 40.2 Å². The van der Waals surface area contributed by atoms with E-state index in [9.17, 15) is 4.79 Å². The number of hydrogen-bond donors (Lipinski definition) is 0. The average molecular weight is 377 g/mol. The van der Waals surface area contributed by atoms with E-state index in [4.69, 9.17) is 21.1 Å². The van der Waals surface area contributed by atoms with E-state index in [-0.39, 0.29) is 11.9 Å². The number of ether oxygens (including phenoxy) is 2. The summed E-state index contributed by atoms with van der Waals surface area (Å²) in [7, 11) is 0. The maximum absolute atomic E-state index is 13.0. The summed E-state index contributed by atoms with van der Waals surface area (Å²) in [5, 5.41) is 0.353. The van der Waals surface area contributed by atoms with E-state index >= 15 is 0 Å². The highest BCUT2D eigenvalue weighted by atomic mass is 35.5. The van der Waals surface area contributed by atoms with Crippen LogP contribution >= 0.6 is 11.6 Å². The summed E-state index contributed by atoms with van der Waals surface area (Å²) in [4.78, 5) is 17.5. The predicted molar refractivity (Wildman–Crippen MR) is 103 cm³/mol. The number of nitrogens with zero attached hydrogens (tertiary/aromatic N) is 2. The third-order valence-corrected chi connectivity index (χ3v) is 3.74. The molecule has 0 radical (unpaired) electrons. The van der Waals surface area contributed by atoms with E-state index in [1.165, 1.54) is 4.57 Å². The highest BCUT2D eigenvalue weighted by molar-refractivity contribution is 6.32. The van der Waals surface area contributed by atoms with Crippen molar-refractivity contribution < 1.29 is 14.3 Å². The largest absolute Gasteiger partial charge is 0.490 e. The van der Waals surface area contributed by atoms with Crippen molar-refractivity contribution >= 4 is 17.5 Å². The SMILES string of the molecule is CCCOc1c(Cl)cc(C(=O)n2ccccc2=NC(C)C)cc1OCC. The Morgan fingerprint density at radius 1 is 1.23 bits per heavy atom. The van der Waals surface area contributed by atoms with Gasteiger partial charge in [-0.05, 0) is 51.5 Å². The Morgan fingerprint density at radius 3 is 2.65 bits per heavy atom. The number of halogens is 1. The molecule has 0 unspecified atom stereocenters. The molecule has 2 rings (SSSR count). The molecule has 0 saturated heterocycles. The minimum Gasteiger partial charge on any atom is -0.490 e. The van der Waals surface area contributed by atoms with Gasteiger partial charge in [0.1, 0.15) is 5.49 Å². The summed E-state index contributed by atoms with van der Waals surface area (Å²) in [6, 6.07) is 8.80. The second-order valence-corrected chi connectivity index (χ2v) is 6.43. The molecule has 0 aliphatic heterocycles. The summed E-state index contributed by atoms with van der Waals surface area (Å²) in [6.45, 7) is 8.79. The van der Waals surface area contributed by atoms with Gasteiger partial charge in [0, 0.05) is 17.8 Å². The predicted octanol–water partition coefficient (Wildman–Crippen LogP) is 4.33. The molecule has 0 N–H and O–H groups in total. The lowest BCUT2D eigenvalue weighted by Gasteiger charge is -2.15. The molecule has 140 valence electrons. The standard InChI is InChI=1S/C20H25ClN2O3/c1-5-11-26-19-16(21)12-15(13-17(19)25-6-2)20(24)23-10-8-7-9-18(23)22-14(3)4/h7-10,12-14H,5-6,11H2,1-4H3. The van der Waals surface area contributed by atoms with Gasteiger partial charge in [-0.2, -0.15) is 0 Å². The Bertz CT molecular complexity index is 828. The van der Waals surface area contributed by atoms with Crippen molar-refractivity contribution in [3.8, 4) is 11.5 Å². The van der Waals surface area contributed by atoms with Crippen LogP contribution in [0.4, 0.5) is 0 Å². The van der Waals surface area contributed by atoms with Crippen LogP contribution in [0.5, 0.6) is 11.5 Å². The van der Waals surface area contributed by atoms with Gasteiger partial charge in [0.25, 0.3) is 5.91 Å². The van der Waals surface area contributed by atoms with Gasteiger partial charge >= 0.3 is 0 Å². The van der Waals surface area contributed by atoms with Gasteiger partial charge in [-0.1, -0.05) is 24.6 Å². The third kappa shape index (κ3) is 4.88. The van der Waals surface area contributed by atoms with E-state index in [0.29, 0.717) is 40.8 Å². The summed E-state index contributed by atoms with van der Waals surface area (Å²) in [5.41, 5.74) is 1.01. The topological polar surface area (TPSA) is 52.8 Å². The Balaban J connectivity index is 2.51. The zero-order chi connectivity index (χ0) is 19.1. The Morgan fingerprint density at radius 2 is 2.00 bits per heavy atom. The van der Waals surface area contributed by atoms with Crippen molar-refractivity contribution in [3.05, 3.63) is 52.6 Å². The van der Waals surface area contributed by atoms with Crippen LogP contribution in [0, 0.1) is 0 Å². The molecule has 1 aromatic heterocycles. The van der Waals surface area contributed by atoms with E-state index in [1.54, 1.807) is 24.4 Å². The van der Waals surface area contributed by atoms with Gasteiger partial charge in [0.05, 0.1) is 18.2 Å². The molecule has 2 aromatic rings. The van der Waals surface area contributed by atoms with Crippen LogP contribution in [0.25, 0.3) is 0 Å². The fraction of sp³-hybridized carbons (Fsp3) is 0.400. The van der Waals surface area contributed by atoms with E-state index < -0.39 is 0 Å². The molecular formula is C20H25ClN2O3. The van der Waals surface area contributed by atoms with Crippen LogP contribution in [-0.4, -0.2) is 29.7 Å². The first-order valence-electron chi connectivity index (χ1n) is 8.83. The van der Waals surface area contributed by atoms with Gasteiger partial charge in [0.2, 0.25) is 0 Å². The van der Waals surface area contributed by atoms with Crippen molar-refractivity contribution in [1.29, 1.82) is 0 Å². The zero-order valence-corrected chi connectivity index (χ0v) is 16.4. The molecule has 1 heterocycles. The first-order valence-corrected chi connectivity index (χ1v) is 9.21. The minimum atomic E-state index is -0.227. The monoisotopic (exact) mass is 376 g/mol. The van der Waals surface area contributed by atoms with Crippen LogP contribution < -0.4 is 15.0 Å². The van der Waals surface area contributed by atoms with Gasteiger partial charge in [-0.3, -0.25) is 14.4 Å². The molecule has 1 aromatic carbocycles. The average Bonchev–Trinajstić information content (AvgIpc) is 2.60. The van der Waals surface area contributed by atoms with Gasteiger partial charge < -0.3 is 9.47 Å². The van der Waals surface area contributed by atoms with E-state index in [1.807, 2.05) is 39.8 Å². The maximum atomic E-state index is 13.0. The van der Waals surface area contributed by atoms with Crippen molar-refractivity contribution in [2.24, 2.45) is 4.99 Å². The van der Waals surface area contributed by atoms with Crippen LogP contribution in [0.1, 0.15) is 44.5 Å². The van der Waals surface area contributed by atoms with Crippen molar-refractivity contribution in [1.82, 2.24) is 4.57 Å². The molecule has 0 spiro atoms. The van der Waals surface area contributed by atoms with E-state index in [0.717, 1.165) is 6.42 Å². The lowest BCUT2D eigenvalue weighted by atomic mass is 10.1. The number of hydrogen-bond acceptors (Lipinski definition) is 4. The molecule has 0 bridgehead atoms. The lowest BCUT2D eigenvalue weighted by molar-refractivity contribution is 0.0954. The first-order chi connectivity index (χ1) is 12.5. The second-order valence-electron chi connectivity index (χ2n) is 6.02. The van der Waals surface area contributed by atoms with Crippen LogP contribution in [0.15, 0.2) is 41.5 Å². The molecule has 0 saturated carbocycles. The third-order valence-electron chi connectivity index (χ3n) is 3.45. The molecule has 0 amide bonds. The normalized spacial score (nSPS) is 11.7. The molecule has 0 aliphatic rings. The number of carbonyl (C=O) groups is 1. The molecule has 0 aliphatic carbocycles. The smallest absolute Gasteiger partial charge is 0.263 e. The highest BCUT2D eigenvalue weighted by Gasteiger charge is 2.17. The Labute approximate surface area is 159 Å². The van der Waals surface area contributed by atoms with E-state index in [2.05, 4.69) is 4.99 Å². The van der Waals surface area contributed by atoms with Crippen molar-refractivity contribution in [3.63, 3.8) is 0 Å². The van der Waals surface area contributed by atoms with Gasteiger partial charge in [0.15, 0.2) is 11.5 Å². The lowest BCUT2D eigenvalue weighted by Crippen LogP contribution is -2.28. The molecule has 26 heavy (non-hydrogen) atoms. The fourth-order valence-electron chi connectivity index (χ4n) is 2.41. The summed E-state index contributed by atoms with van der Waals surface area (Å²) < 4.78 is 12.8. The molecule has 5 nitrogen and oxygen atoms in total. The maximum Gasteiger partial charge on any atom is 0.263 e. The number of aromatic nitrogens is 1. The summed E-state index contributed by atoms with van der Waals surface area (Å²) in [6.07, 6.45) is 2.54. The van der Waals surface area contributed by atoms with Crippen molar-refractivity contribution in [2.75, 3.05) is 13.2 Å².